The van der Waals surface area contributed by atoms with Crippen LogP contribution in [0, 0.1) is 0 Å². The second-order valence-corrected chi connectivity index (χ2v) is 6.54. The van der Waals surface area contributed by atoms with Crippen LogP contribution in [0.25, 0.3) is 0 Å². The van der Waals surface area contributed by atoms with E-state index in [4.69, 9.17) is 4.74 Å². The Hall–Kier alpha value is -1.14. The van der Waals surface area contributed by atoms with E-state index >= 15 is 0 Å². The maximum absolute atomic E-state index is 11.2. The van der Waals surface area contributed by atoms with Crippen molar-refractivity contribution < 1.29 is 14.6 Å². The summed E-state index contributed by atoms with van der Waals surface area (Å²) in [6.45, 7) is 1.73. The van der Waals surface area contributed by atoms with Crippen LogP contribution in [0.15, 0.2) is 0 Å². The normalized spacial score (nSPS) is 25.4. The molecule has 0 saturated carbocycles. The highest BCUT2D eigenvalue weighted by molar-refractivity contribution is 7.15. The first kappa shape index (κ1) is 13.8. The summed E-state index contributed by atoms with van der Waals surface area (Å²) in [7, 11) is 0. The molecular weight excluding hydrogens is 276 g/mol. The van der Waals surface area contributed by atoms with Gasteiger partial charge in [-0.15, -0.1) is 11.3 Å². The molecule has 20 heavy (non-hydrogen) atoms. The number of rotatable bonds is 5. The monoisotopic (exact) mass is 296 g/mol. The van der Waals surface area contributed by atoms with Crippen molar-refractivity contribution in [2.24, 2.45) is 0 Å². The Morgan fingerprint density at radius 3 is 3.10 bits per heavy atom. The molecule has 0 amide bonds. The molecule has 0 aromatic carbocycles. The van der Waals surface area contributed by atoms with Crippen LogP contribution in [-0.4, -0.2) is 35.3 Å². The number of ether oxygens (including phenoxy) is 1. The van der Waals surface area contributed by atoms with E-state index in [0.29, 0.717) is 12.5 Å². The van der Waals surface area contributed by atoms with E-state index in [1.54, 1.807) is 11.3 Å². The lowest BCUT2D eigenvalue weighted by atomic mass is 9.91. The van der Waals surface area contributed by atoms with Gasteiger partial charge in [-0.2, -0.15) is 0 Å². The van der Waals surface area contributed by atoms with Crippen molar-refractivity contribution in [2.45, 2.75) is 50.5 Å². The predicted octanol–water partition coefficient (Wildman–Crippen LogP) is 2.63. The Balaban J connectivity index is 1.59. The molecule has 1 aliphatic carbocycles. The van der Waals surface area contributed by atoms with E-state index in [0.717, 1.165) is 61.0 Å². The SMILES string of the molecule is O=C(O)C1CCCc2sc(NCCC3CCCO3)nc21. The van der Waals surface area contributed by atoms with Crippen LogP contribution < -0.4 is 5.32 Å². The third kappa shape index (κ3) is 2.96. The lowest BCUT2D eigenvalue weighted by Gasteiger charge is -2.16. The highest BCUT2D eigenvalue weighted by Crippen LogP contribution is 2.36. The van der Waals surface area contributed by atoms with Crippen LogP contribution in [0.3, 0.4) is 0 Å². The first-order valence-corrected chi connectivity index (χ1v) is 8.13. The van der Waals surface area contributed by atoms with Gasteiger partial charge in [0.1, 0.15) is 5.92 Å². The number of thiazole rings is 1. The smallest absolute Gasteiger partial charge is 0.312 e. The molecule has 1 aromatic rings. The topological polar surface area (TPSA) is 71.5 Å². The average molecular weight is 296 g/mol. The zero-order valence-electron chi connectivity index (χ0n) is 11.4. The molecule has 1 aromatic heterocycles. The van der Waals surface area contributed by atoms with Gasteiger partial charge < -0.3 is 15.2 Å². The van der Waals surface area contributed by atoms with Crippen molar-refractivity contribution in [1.82, 2.24) is 4.98 Å². The van der Waals surface area contributed by atoms with E-state index in [-0.39, 0.29) is 0 Å². The van der Waals surface area contributed by atoms with Gasteiger partial charge in [0.2, 0.25) is 0 Å². The Labute approximate surface area is 122 Å². The first-order chi connectivity index (χ1) is 9.74. The fourth-order valence-corrected chi connectivity index (χ4v) is 4.04. The molecule has 110 valence electrons. The summed E-state index contributed by atoms with van der Waals surface area (Å²) < 4.78 is 5.59. The molecule has 1 fully saturated rings. The average Bonchev–Trinajstić information content (AvgIpc) is 3.06. The second-order valence-electron chi connectivity index (χ2n) is 5.46. The Bertz CT molecular complexity index is 483. The standard InChI is InChI=1S/C14H20N2O3S/c17-13(18)10-4-1-5-11-12(10)16-14(20-11)15-7-6-9-3-2-8-19-9/h9-10H,1-8H2,(H,15,16)(H,17,18). The number of aliphatic carboxylic acids is 1. The van der Waals surface area contributed by atoms with Crippen molar-refractivity contribution in [2.75, 3.05) is 18.5 Å². The van der Waals surface area contributed by atoms with Crippen LogP contribution >= 0.6 is 11.3 Å². The van der Waals surface area contributed by atoms with Crippen LogP contribution in [0.2, 0.25) is 0 Å². The molecule has 1 saturated heterocycles. The molecule has 0 spiro atoms. The second kappa shape index (κ2) is 6.10. The Morgan fingerprint density at radius 2 is 2.35 bits per heavy atom. The van der Waals surface area contributed by atoms with E-state index in [2.05, 4.69) is 10.3 Å². The summed E-state index contributed by atoms with van der Waals surface area (Å²) in [5, 5.41) is 13.4. The summed E-state index contributed by atoms with van der Waals surface area (Å²) >= 11 is 1.61. The molecule has 6 heteroatoms. The van der Waals surface area contributed by atoms with Crippen molar-refractivity contribution in [3.63, 3.8) is 0 Å². The van der Waals surface area contributed by atoms with Gasteiger partial charge in [0, 0.05) is 18.0 Å². The lowest BCUT2D eigenvalue weighted by Crippen LogP contribution is -2.17. The largest absolute Gasteiger partial charge is 0.481 e. The van der Waals surface area contributed by atoms with Gasteiger partial charge in [0.15, 0.2) is 5.13 Å². The molecule has 2 atom stereocenters. The zero-order valence-corrected chi connectivity index (χ0v) is 12.2. The molecule has 2 N–H and O–H groups in total. The number of aryl methyl sites for hydroxylation is 1. The van der Waals surface area contributed by atoms with Crippen LogP contribution in [0.4, 0.5) is 5.13 Å². The molecule has 5 nitrogen and oxygen atoms in total. The maximum Gasteiger partial charge on any atom is 0.312 e. The Morgan fingerprint density at radius 1 is 1.45 bits per heavy atom. The molecule has 0 bridgehead atoms. The van der Waals surface area contributed by atoms with E-state index in [1.807, 2.05) is 0 Å². The number of hydrogen-bond donors (Lipinski definition) is 2. The number of carboxylic acids is 1. The van der Waals surface area contributed by atoms with E-state index in [1.165, 1.54) is 0 Å². The lowest BCUT2D eigenvalue weighted by molar-refractivity contribution is -0.139. The van der Waals surface area contributed by atoms with Crippen molar-refractivity contribution in [1.29, 1.82) is 0 Å². The number of carboxylic acid groups (broad SMARTS) is 1. The summed E-state index contributed by atoms with van der Waals surface area (Å²) in [4.78, 5) is 16.9. The number of carbonyl (C=O) groups is 1. The quantitative estimate of drug-likeness (QED) is 0.874. The van der Waals surface area contributed by atoms with Crippen LogP contribution in [0.1, 0.15) is 48.6 Å². The highest BCUT2D eigenvalue weighted by Gasteiger charge is 2.29. The van der Waals surface area contributed by atoms with Gasteiger partial charge in [-0.1, -0.05) is 0 Å². The molecule has 0 radical (unpaired) electrons. The Kier molecular flexibility index (Phi) is 4.21. The van der Waals surface area contributed by atoms with Gasteiger partial charge >= 0.3 is 5.97 Å². The van der Waals surface area contributed by atoms with E-state index < -0.39 is 11.9 Å². The van der Waals surface area contributed by atoms with Crippen LogP contribution in [0.5, 0.6) is 0 Å². The molecule has 2 heterocycles. The van der Waals surface area contributed by atoms with E-state index in [9.17, 15) is 9.90 Å². The first-order valence-electron chi connectivity index (χ1n) is 7.32. The number of fused-ring (bicyclic) bond motifs is 1. The number of anilines is 1. The number of hydrogen-bond acceptors (Lipinski definition) is 5. The number of nitrogens with one attached hydrogen (secondary N) is 1. The molecule has 2 aliphatic rings. The molecule has 2 unspecified atom stereocenters. The minimum atomic E-state index is -0.748. The summed E-state index contributed by atoms with van der Waals surface area (Å²) in [5.74, 6) is -1.16. The minimum Gasteiger partial charge on any atom is -0.481 e. The van der Waals surface area contributed by atoms with Gasteiger partial charge in [0.25, 0.3) is 0 Å². The van der Waals surface area contributed by atoms with Crippen LogP contribution in [-0.2, 0) is 16.0 Å². The summed E-state index contributed by atoms with van der Waals surface area (Å²) in [5.41, 5.74) is 0.786. The zero-order chi connectivity index (χ0) is 13.9. The third-order valence-electron chi connectivity index (χ3n) is 4.02. The van der Waals surface area contributed by atoms with Gasteiger partial charge in [0.05, 0.1) is 11.8 Å². The third-order valence-corrected chi connectivity index (χ3v) is 5.11. The minimum absolute atomic E-state index is 0.379. The fraction of sp³-hybridized carbons (Fsp3) is 0.714. The molecule has 1 aliphatic heterocycles. The number of aromatic nitrogens is 1. The molecule has 3 rings (SSSR count). The predicted molar refractivity (Wildman–Crippen MR) is 77.5 cm³/mol. The molecular formula is C14H20N2O3S. The highest BCUT2D eigenvalue weighted by atomic mass is 32.1. The van der Waals surface area contributed by atoms with Gasteiger partial charge in [-0.05, 0) is 38.5 Å². The van der Waals surface area contributed by atoms with Crippen molar-refractivity contribution in [3.8, 4) is 0 Å². The number of nitrogens with zero attached hydrogens (tertiary/aromatic N) is 1. The fourth-order valence-electron chi connectivity index (χ4n) is 2.95. The maximum atomic E-state index is 11.2. The van der Waals surface area contributed by atoms with Crippen molar-refractivity contribution in [3.05, 3.63) is 10.6 Å². The summed E-state index contributed by atoms with van der Waals surface area (Å²) in [6.07, 6.45) is 6.30. The van der Waals surface area contributed by atoms with Crippen molar-refractivity contribution >= 4 is 22.4 Å². The van der Waals surface area contributed by atoms with Gasteiger partial charge in [-0.25, -0.2) is 4.98 Å². The summed E-state index contributed by atoms with van der Waals surface area (Å²) in [6, 6.07) is 0. The van der Waals surface area contributed by atoms with Gasteiger partial charge in [-0.3, -0.25) is 4.79 Å².